The van der Waals surface area contributed by atoms with Gasteiger partial charge in [-0.05, 0) is 67.8 Å². The third-order valence-corrected chi connectivity index (χ3v) is 7.58. The average molecular weight is 502 g/mol. The van der Waals surface area contributed by atoms with E-state index >= 15 is 0 Å². The number of pyridine rings is 3. The van der Waals surface area contributed by atoms with Crippen LogP contribution in [0.15, 0.2) is 65.7 Å². The van der Waals surface area contributed by atoms with E-state index in [1.807, 2.05) is 36.4 Å². The second kappa shape index (κ2) is 9.66. The zero-order valence-electron chi connectivity index (χ0n) is 20.2. The topological polar surface area (TPSA) is 105 Å². The molecule has 0 aliphatic carbocycles. The molecule has 8 nitrogen and oxygen atoms in total. The number of sulfone groups is 1. The molecule has 4 aromatic rings. The maximum Gasteiger partial charge on any atom is 0.251 e. The monoisotopic (exact) mass is 501 g/mol. The molecule has 4 heterocycles. The van der Waals surface area contributed by atoms with E-state index in [0.717, 1.165) is 47.5 Å². The molecule has 184 valence electrons. The number of rotatable bonds is 6. The minimum atomic E-state index is -3.42. The molecule has 0 bridgehead atoms. The summed E-state index contributed by atoms with van der Waals surface area (Å²) in [6.45, 7) is 3.95. The lowest BCUT2D eigenvalue weighted by molar-refractivity contribution is 0.0950. The van der Waals surface area contributed by atoms with Crippen LogP contribution in [0.4, 0.5) is 5.82 Å². The van der Waals surface area contributed by atoms with Gasteiger partial charge in [0.2, 0.25) is 0 Å². The number of aromatic nitrogens is 3. The number of fused-ring (bicyclic) bond motifs is 1. The Morgan fingerprint density at radius 1 is 1.00 bits per heavy atom. The first kappa shape index (κ1) is 23.9. The Kier molecular flexibility index (Phi) is 6.40. The van der Waals surface area contributed by atoms with Crippen molar-refractivity contribution in [2.45, 2.75) is 31.2 Å². The van der Waals surface area contributed by atoms with Gasteiger partial charge in [0.15, 0.2) is 9.84 Å². The second-order valence-electron chi connectivity index (χ2n) is 9.08. The molecular formula is C27H27N5O3S. The van der Waals surface area contributed by atoms with Crippen molar-refractivity contribution in [2.75, 3.05) is 24.2 Å². The number of nitrogens with zero attached hydrogens (tertiary/aromatic N) is 4. The van der Waals surface area contributed by atoms with Crippen LogP contribution in [0.5, 0.6) is 0 Å². The quantitative estimate of drug-likeness (QED) is 0.427. The van der Waals surface area contributed by atoms with Crippen molar-refractivity contribution in [3.8, 4) is 11.4 Å². The van der Waals surface area contributed by atoms with Gasteiger partial charge in [0.25, 0.3) is 5.91 Å². The molecule has 1 N–H and O–H groups in total. The van der Waals surface area contributed by atoms with Gasteiger partial charge in [0, 0.05) is 36.5 Å². The van der Waals surface area contributed by atoms with Crippen LogP contribution < -0.4 is 10.2 Å². The van der Waals surface area contributed by atoms with Gasteiger partial charge in [0.1, 0.15) is 5.82 Å². The van der Waals surface area contributed by atoms with Crippen LogP contribution in [0, 0.1) is 6.92 Å². The number of carbonyl (C=O) groups excluding carboxylic acids is 1. The molecule has 1 aromatic carbocycles. The Balaban J connectivity index is 1.35. The number of nitrogens with one attached hydrogen (secondary N) is 1. The highest BCUT2D eigenvalue weighted by molar-refractivity contribution is 7.90. The molecule has 0 saturated carbocycles. The number of benzene rings is 1. The third kappa shape index (κ3) is 5.06. The molecule has 0 spiro atoms. The van der Waals surface area contributed by atoms with Gasteiger partial charge in [-0.2, -0.15) is 0 Å². The fourth-order valence-corrected chi connectivity index (χ4v) is 5.39. The summed E-state index contributed by atoms with van der Waals surface area (Å²) >= 11 is 0. The third-order valence-electron chi connectivity index (χ3n) is 6.34. The van der Waals surface area contributed by atoms with Gasteiger partial charge in [-0.1, -0.05) is 12.1 Å². The summed E-state index contributed by atoms with van der Waals surface area (Å²) < 4.78 is 24.0. The molecule has 1 aliphatic heterocycles. The Hall–Kier alpha value is -3.85. The standard InChI is InChI=1S/C27H27N5O3S/c1-18-8-9-19(14-25(18)36(2,34)35)27(33)29-17-21-15-24-20(16-28-21)10-11-23(30-24)22-6-5-7-26(31-22)32-12-3-4-13-32/h5-11,14-16H,3-4,12-13,17H2,1-2H3,(H,29,33). The zero-order valence-corrected chi connectivity index (χ0v) is 21.0. The van der Waals surface area contributed by atoms with Crippen LogP contribution in [-0.2, 0) is 16.4 Å². The zero-order chi connectivity index (χ0) is 25.3. The van der Waals surface area contributed by atoms with Crippen molar-refractivity contribution in [3.63, 3.8) is 0 Å². The first-order valence-corrected chi connectivity index (χ1v) is 13.7. The minimum absolute atomic E-state index is 0.151. The predicted octanol–water partition coefficient (Wildman–Crippen LogP) is 3.93. The van der Waals surface area contributed by atoms with E-state index in [1.165, 1.54) is 18.9 Å². The maximum absolute atomic E-state index is 12.7. The largest absolute Gasteiger partial charge is 0.357 e. The van der Waals surface area contributed by atoms with Crippen molar-refractivity contribution in [1.29, 1.82) is 0 Å². The summed E-state index contributed by atoms with van der Waals surface area (Å²) in [4.78, 5) is 29.2. The Morgan fingerprint density at radius 3 is 2.56 bits per heavy atom. The fraction of sp³-hybridized carbons (Fsp3) is 0.259. The Morgan fingerprint density at radius 2 is 1.78 bits per heavy atom. The van der Waals surface area contributed by atoms with E-state index in [2.05, 4.69) is 15.2 Å². The van der Waals surface area contributed by atoms with Crippen molar-refractivity contribution in [2.24, 2.45) is 0 Å². The summed E-state index contributed by atoms with van der Waals surface area (Å²) in [5.74, 6) is 0.603. The lowest BCUT2D eigenvalue weighted by Gasteiger charge is -2.16. The van der Waals surface area contributed by atoms with E-state index in [0.29, 0.717) is 11.3 Å². The van der Waals surface area contributed by atoms with Crippen molar-refractivity contribution >= 4 is 32.5 Å². The van der Waals surface area contributed by atoms with Gasteiger partial charge in [-0.25, -0.2) is 18.4 Å². The SMILES string of the molecule is Cc1ccc(C(=O)NCc2cc3nc(-c4cccc(N5CCCC5)n4)ccc3cn2)cc1S(C)(=O)=O. The summed E-state index contributed by atoms with van der Waals surface area (Å²) in [5, 5.41) is 3.71. The fourth-order valence-electron chi connectivity index (χ4n) is 4.40. The van der Waals surface area contributed by atoms with Crippen molar-refractivity contribution in [1.82, 2.24) is 20.3 Å². The molecule has 0 radical (unpaired) electrons. The number of hydrogen-bond donors (Lipinski definition) is 1. The molecule has 0 atom stereocenters. The average Bonchev–Trinajstić information content (AvgIpc) is 3.42. The molecule has 9 heteroatoms. The van der Waals surface area contributed by atoms with Crippen LogP contribution in [0.25, 0.3) is 22.3 Å². The number of aryl methyl sites for hydroxylation is 1. The van der Waals surface area contributed by atoms with Gasteiger partial charge >= 0.3 is 0 Å². The second-order valence-corrected chi connectivity index (χ2v) is 11.1. The molecule has 0 unspecified atom stereocenters. The highest BCUT2D eigenvalue weighted by atomic mass is 32.2. The van der Waals surface area contributed by atoms with E-state index in [1.54, 1.807) is 25.3 Å². The smallest absolute Gasteiger partial charge is 0.251 e. The molecule has 1 fully saturated rings. The van der Waals surface area contributed by atoms with E-state index < -0.39 is 9.84 Å². The molecule has 36 heavy (non-hydrogen) atoms. The Labute approximate surface area is 210 Å². The predicted molar refractivity (Wildman–Crippen MR) is 140 cm³/mol. The van der Waals surface area contributed by atoms with Gasteiger partial charge < -0.3 is 10.2 Å². The summed E-state index contributed by atoms with van der Waals surface area (Å²) in [7, 11) is -3.42. The first-order chi connectivity index (χ1) is 17.3. The van der Waals surface area contributed by atoms with Crippen molar-refractivity contribution in [3.05, 3.63) is 77.6 Å². The number of carbonyl (C=O) groups is 1. The number of anilines is 1. The lowest BCUT2D eigenvalue weighted by atomic mass is 10.1. The van der Waals surface area contributed by atoms with Gasteiger partial charge in [0.05, 0.1) is 34.0 Å². The molecule has 3 aromatic heterocycles. The van der Waals surface area contributed by atoms with Crippen molar-refractivity contribution < 1.29 is 13.2 Å². The highest BCUT2D eigenvalue weighted by Crippen LogP contribution is 2.24. The molecular weight excluding hydrogens is 474 g/mol. The first-order valence-electron chi connectivity index (χ1n) is 11.8. The molecule has 1 aliphatic rings. The van der Waals surface area contributed by atoms with E-state index in [4.69, 9.17) is 9.97 Å². The van der Waals surface area contributed by atoms with Crippen LogP contribution >= 0.6 is 0 Å². The summed E-state index contributed by atoms with van der Waals surface area (Å²) in [6.07, 6.45) is 5.25. The van der Waals surface area contributed by atoms with Gasteiger partial charge in [-0.3, -0.25) is 9.78 Å². The molecule has 5 rings (SSSR count). The molecule has 1 saturated heterocycles. The maximum atomic E-state index is 12.7. The number of hydrogen-bond acceptors (Lipinski definition) is 7. The summed E-state index contributed by atoms with van der Waals surface area (Å²) in [5.41, 5.74) is 3.88. The minimum Gasteiger partial charge on any atom is -0.357 e. The molecule has 1 amide bonds. The van der Waals surface area contributed by atoms with Crippen LogP contribution in [0.2, 0.25) is 0 Å². The highest BCUT2D eigenvalue weighted by Gasteiger charge is 2.16. The number of amides is 1. The van der Waals surface area contributed by atoms with Gasteiger partial charge in [-0.15, -0.1) is 0 Å². The van der Waals surface area contributed by atoms with Crippen LogP contribution in [0.3, 0.4) is 0 Å². The normalized spacial score (nSPS) is 13.8. The summed E-state index contributed by atoms with van der Waals surface area (Å²) in [6, 6.07) is 16.4. The van der Waals surface area contributed by atoms with E-state index in [9.17, 15) is 13.2 Å². The van der Waals surface area contributed by atoms with Crippen LogP contribution in [0.1, 0.15) is 34.5 Å². The van der Waals surface area contributed by atoms with Crippen LogP contribution in [-0.4, -0.2) is 48.6 Å². The lowest BCUT2D eigenvalue weighted by Crippen LogP contribution is -2.23. The Bertz CT molecular complexity index is 1560. The van der Waals surface area contributed by atoms with E-state index in [-0.39, 0.29) is 22.9 Å².